The molecule has 294 valence electrons. The highest BCUT2D eigenvalue weighted by Gasteiger charge is 2.30. The lowest BCUT2D eigenvalue weighted by molar-refractivity contribution is 0.627. The number of benzene rings is 10. The van der Waals surface area contributed by atoms with Gasteiger partial charge < -0.3 is 9.32 Å². The van der Waals surface area contributed by atoms with Crippen molar-refractivity contribution in [1.29, 1.82) is 0 Å². The quantitative estimate of drug-likeness (QED) is 0.149. The van der Waals surface area contributed by atoms with Gasteiger partial charge in [0.2, 0.25) is 0 Å². The lowest BCUT2D eigenvalue weighted by Crippen LogP contribution is -2.11. The highest BCUT2D eigenvalue weighted by Crippen LogP contribution is 2.52. The van der Waals surface area contributed by atoms with Crippen molar-refractivity contribution in [3.63, 3.8) is 0 Å². The van der Waals surface area contributed by atoms with Crippen molar-refractivity contribution in [2.75, 3.05) is 4.90 Å². The summed E-state index contributed by atoms with van der Waals surface area (Å²) in [7, 11) is 0. The van der Waals surface area contributed by atoms with Crippen LogP contribution < -0.4 is 4.90 Å². The molecule has 2 nitrogen and oxygen atoms in total. The molecule has 1 unspecified atom stereocenters. The maximum absolute atomic E-state index is 6.68. The minimum atomic E-state index is 0.299. The maximum Gasteiger partial charge on any atom is 0.136 e. The van der Waals surface area contributed by atoms with Crippen molar-refractivity contribution in [1.82, 2.24) is 0 Å². The average Bonchev–Trinajstić information content (AvgIpc) is 3.64. The zero-order valence-electron chi connectivity index (χ0n) is 34.3. The number of fused-ring (bicyclic) bond motifs is 9. The Morgan fingerprint density at radius 3 is 1.85 bits per heavy atom. The van der Waals surface area contributed by atoms with E-state index in [0.29, 0.717) is 5.92 Å². The standard InChI is InChI=1S/C60H43NO/c1-4-17-41(18-5-1)49-28-16-29-50-44(33-34-45-39-56-60(53-27-14-15-30-55(53)62-56)57(58(45)59(49)50)42-19-6-2-7-20-42)37-40-31-35-47(36-32-40)61(46-22-8-3-9-23-46)54-38-43-21-10-11-24-48(43)51-25-12-13-26-52(51)54/h1-32,35-36,38-39,44H,33-34,37H2. The van der Waals surface area contributed by atoms with Crippen molar-refractivity contribution in [2.24, 2.45) is 0 Å². The Hall–Kier alpha value is -7.68. The molecular weight excluding hydrogens is 751 g/mol. The van der Waals surface area contributed by atoms with Gasteiger partial charge in [0.25, 0.3) is 0 Å². The SMILES string of the molecule is c1ccc(-c2cccc3c2-c2c(cc4oc5ccccc5c4c2-c2ccccc2)CCC3Cc2ccc(N(c3ccccc3)c3cc4ccccc4c4ccccc34)cc2)cc1. The Bertz CT molecular complexity index is 3420. The lowest BCUT2D eigenvalue weighted by atomic mass is 9.80. The third-order valence-electron chi connectivity index (χ3n) is 13.1. The number of aryl methyl sites for hydroxylation is 1. The third kappa shape index (κ3) is 6.10. The summed E-state index contributed by atoms with van der Waals surface area (Å²) in [5.74, 6) is 0.299. The van der Waals surface area contributed by atoms with Crippen LogP contribution in [-0.4, -0.2) is 0 Å². The van der Waals surface area contributed by atoms with Gasteiger partial charge in [-0.2, -0.15) is 0 Å². The first-order valence-electron chi connectivity index (χ1n) is 21.8. The largest absolute Gasteiger partial charge is 0.456 e. The molecule has 1 aliphatic rings. The van der Waals surface area contributed by atoms with Crippen molar-refractivity contribution in [3.8, 4) is 33.4 Å². The average molecular weight is 794 g/mol. The molecule has 12 rings (SSSR count). The van der Waals surface area contributed by atoms with E-state index in [9.17, 15) is 0 Å². The number of nitrogens with zero attached hydrogens (tertiary/aromatic N) is 1. The van der Waals surface area contributed by atoms with Gasteiger partial charge in [0.05, 0.1) is 5.69 Å². The Kier molecular flexibility index (Phi) is 8.81. The molecule has 0 bridgehead atoms. The zero-order chi connectivity index (χ0) is 41.0. The fourth-order valence-corrected chi connectivity index (χ4v) is 10.4. The van der Waals surface area contributed by atoms with Crippen LogP contribution >= 0.6 is 0 Å². The van der Waals surface area contributed by atoms with E-state index < -0.39 is 0 Å². The molecule has 1 aromatic heterocycles. The Morgan fingerprint density at radius 1 is 0.452 bits per heavy atom. The minimum Gasteiger partial charge on any atom is -0.456 e. The molecule has 1 aliphatic carbocycles. The molecule has 1 atom stereocenters. The number of hydrogen-bond donors (Lipinski definition) is 0. The molecule has 1 heterocycles. The van der Waals surface area contributed by atoms with Crippen molar-refractivity contribution in [3.05, 3.63) is 235 Å². The number of para-hydroxylation sites is 2. The monoisotopic (exact) mass is 793 g/mol. The molecule has 0 radical (unpaired) electrons. The van der Waals surface area contributed by atoms with Crippen LogP contribution in [0.2, 0.25) is 0 Å². The molecule has 11 aromatic rings. The molecule has 0 spiro atoms. The minimum absolute atomic E-state index is 0.299. The Labute approximate surface area is 362 Å². The van der Waals surface area contributed by atoms with Crippen LogP contribution in [-0.2, 0) is 12.8 Å². The highest BCUT2D eigenvalue weighted by atomic mass is 16.3. The van der Waals surface area contributed by atoms with Gasteiger partial charge >= 0.3 is 0 Å². The van der Waals surface area contributed by atoms with Crippen molar-refractivity contribution >= 4 is 60.5 Å². The summed E-state index contributed by atoms with van der Waals surface area (Å²) < 4.78 is 6.68. The molecule has 0 aliphatic heterocycles. The summed E-state index contributed by atoms with van der Waals surface area (Å²) in [6.07, 6.45) is 2.91. The van der Waals surface area contributed by atoms with Gasteiger partial charge in [-0.05, 0) is 128 Å². The second-order valence-corrected chi connectivity index (χ2v) is 16.7. The van der Waals surface area contributed by atoms with Crippen molar-refractivity contribution in [2.45, 2.75) is 25.2 Å². The van der Waals surface area contributed by atoms with E-state index in [0.717, 1.165) is 47.2 Å². The van der Waals surface area contributed by atoms with Gasteiger partial charge in [0.15, 0.2) is 0 Å². The fourth-order valence-electron chi connectivity index (χ4n) is 10.4. The molecule has 0 amide bonds. The molecule has 0 fully saturated rings. The van der Waals surface area contributed by atoms with Crippen LogP contribution in [0.15, 0.2) is 223 Å². The summed E-state index contributed by atoms with van der Waals surface area (Å²) in [6, 6.07) is 79.9. The third-order valence-corrected chi connectivity index (χ3v) is 13.1. The van der Waals surface area contributed by atoms with Crippen molar-refractivity contribution < 1.29 is 4.42 Å². The lowest BCUT2D eigenvalue weighted by Gasteiger charge is -2.28. The number of furan rings is 1. The normalized spacial score (nSPS) is 13.6. The van der Waals surface area contributed by atoms with Gasteiger partial charge in [-0.1, -0.05) is 176 Å². The first-order valence-corrected chi connectivity index (χ1v) is 21.8. The maximum atomic E-state index is 6.68. The number of rotatable bonds is 7. The summed E-state index contributed by atoms with van der Waals surface area (Å²) in [4.78, 5) is 2.42. The summed E-state index contributed by atoms with van der Waals surface area (Å²) >= 11 is 0. The van der Waals surface area contributed by atoms with Crippen LogP contribution in [0, 0.1) is 0 Å². The molecule has 2 heteroatoms. The van der Waals surface area contributed by atoms with E-state index in [1.165, 1.54) is 82.7 Å². The second kappa shape index (κ2) is 15.1. The van der Waals surface area contributed by atoms with Gasteiger partial charge in [0, 0.05) is 33.1 Å². The molecular formula is C60H43NO. The first-order chi connectivity index (χ1) is 30.8. The van der Waals surface area contributed by atoms with Crippen LogP contribution in [0.25, 0.3) is 76.9 Å². The van der Waals surface area contributed by atoms with Gasteiger partial charge in [-0.3, -0.25) is 0 Å². The van der Waals surface area contributed by atoms with Crippen LogP contribution in [0.1, 0.15) is 29.0 Å². The number of anilines is 3. The summed E-state index contributed by atoms with van der Waals surface area (Å²) in [5, 5.41) is 7.35. The predicted molar refractivity (Wildman–Crippen MR) is 261 cm³/mol. The van der Waals surface area contributed by atoms with Crippen LogP contribution in [0.3, 0.4) is 0 Å². The second-order valence-electron chi connectivity index (χ2n) is 16.7. The van der Waals surface area contributed by atoms with E-state index in [4.69, 9.17) is 4.42 Å². The molecule has 10 aromatic carbocycles. The molecule has 62 heavy (non-hydrogen) atoms. The molecule has 0 saturated heterocycles. The summed E-state index contributed by atoms with van der Waals surface area (Å²) in [5.41, 5.74) is 17.1. The van der Waals surface area contributed by atoms with Gasteiger partial charge in [-0.25, -0.2) is 0 Å². The van der Waals surface area contributed by atoms with E-state index >= 15 is 0 Å². The van der Waals surface area contributed by atoms with E-state index in [1.807, 2.05) is 0 Å². The Balaban J connectivity index is 1.01. The zero-order valence-corrected chi connectivity index (χ0v) is 34.3. The van der Waals surface area contributed by atoms with E-state index in [2.05, 4.69) is 223 Å². The Morgan fingerprint density at radius 2 is 1.08 bits per heavy atom. The first kappa shape index (κ1) is 36.2. The number of hydrogen-bond acceptors (Lipinski definition) is 2. The topological polar surface area (TPSA) is 16.4 Å². The molecule has 0 saturated carbocycles. The van der Waals surface area contributed by atoms with Gasteiger partial charge in [-0.15, -0.1) is 0 Å². The summed E-state index contributed by atoms with van der Waals surface area (Å²) in [6.45, 7) is 0. The fraction of sp³-hybridized carbons (Fsp3) is 0.0667. The van der Waals surface area contributed by atoms with Crippen LogP contribution in [0.5, 0.6) is 0 Å². The molecule has 0 N–H and O–H groups in total. The van der Waals surface area contributed by atoms with E-state index in [1.54, 1.807) is 0 Å². The van der Waals surface area contributed by atoms with E-state index in [-0.39, 0.29) is 0 Å². The smallest absolute Gasteiger partial charge is 0.136 e. The predicted octanol–water partition coefficient (Wildman–Crippen LogP) is 16.6. The van der Waals surface area contributed by atoms with Gasteiger partial charge in [0.1, 0.15) is 11.2 Å². The highest BCUT2D eigenvalue weighted by molar-refractivity contribution is 6.18. The van der Waals surface area contributed by atoms with Crippen LogP contribution in [0.4, 0.5) is 17.1 Å².